The first-order valence-electron chi connectivity index (χ1n) is 8.78. The molecule has 4 aromatic rings. The van der Waals surface area contributed by atoms with E-state index in [1.807, 2.05) is 24.3 Å². The molecule has 1 aliphatic rings. The van der Waals surface area contributed by atoms with Crippen molar-refractivity contribution in [2.75, 3.05) is 0 Å². The molecule has 4 aromatic carbocycles. The molecule has 2 nitrogen and oxygen atoms in total. The first-order chi connectivity index (χ1) is 12.8. The summed E-state index contributed by atoms with van der Waals surface area (Å²) in [6.45, 7) is 0. The van der Waals surface area contributed by atoms with Gasteiger partial charge in [0.05, 0.1) is 11.8 Å². The Hall–Kier alpha value is -2.84. The molecule has 1 unspecified atom stereocenters. The van der Waals surface area contributed by atoms with Gasteiger partial charge in [0.2, 0.25) is 0 Å². The molecular formula is C23H17ClN2. The quantitative estimate of drug-likeness (QED) is 0.432. The number of nitrogens with zero attached hydrogens (tertiary/aromatic N) is 1. The number of benzene rings is 4. The van der Waals surface area contributed by atoms with Gasteiger partial charge in [-0.15, -0.1) is 0 Å². The molecule has 1 aliphatic heterocycles. The minimum absolute atomic E-state index is 0.164. The van der Waals surface area contributed by atoms with Crippen LogP contribution in [0.25, 0.3) is 21.5 Å². The molecule has 0 aliphatic carbocycles. The van der Waals surface area contributed by atoms with Crippen molar-refractivity contribution in [1.82, 2.24) is 5.43 Å². The van der Waals surface area contributed by atoms with E-state index in [4.69, 9.17) is 11.6 Å². The molecule has 0 aromatic heterocycles. The zero-order valence-electron chi connectivity index (χ0n) is 14.1. The second-order valence-corrected chi connectivity index (χ2v) is 7.12. The summed E-state index contributed by atoms with van der Waals surface area (Å²) in [6.07, 6.45) is 0.861. The molecule has 5 rings (SSSR count). The smallest absolute Gasteiger partial charge is 0.0757 e. The molecule has 1 heterocycles. The van der Waals surface area contributed by atoms with Crippen molar-refractivity contribution in [3.8, 4) is 0 Å². The maximum absolute atomic E-state index is 6.02. The van der Waals surface area contributed by atoms with Gasteiger partial charge in [-0.25, -0.2) is 0 Å². The number of fused-ring (bicyclic) bond motifs is 2. The maximum atomic E-state index is 6.02. The van der Waals surface area contributed by atoms with E-state index in [0.29, 0.717) is 0 Å². The fraction of sp³-hybridized carbons (Fsp3) is 0.0870. The fourth-order valence-corrected chi connectivity index (χ4v) is 3.98. The van der Waals surface area contributed by atoms with E-state index < -0.39 is 0 Å². The number of hydrazone groups is 1. The highest BCUT2D eigenvalue weighted by molar-refractivity contribution is 6.30. The molecule has 0 amide bonds. The van der Waals surface area contributed by atoms with Crippen molar-refractivity contribution >= 4 is 38.9 Å². The third-order valence-corrected chi connectivity index (χ3v) is 5.34. The van der Waals surface area contributed by atoms with Crippen LogP contribution in [-0.2, 0) is 0 Å². The Balaban J connectivity index is 1.62. The van der Waals surface area contributed by atoms with Crippen LogP contribution in [0.1, 0.15) is 23.6 Å². The second kappa shape index (κ2) is 6.15. The van der Waals surface area contributed by atoms with Crippen LogP contribution < -0.4 is 5.43 Å². The third kappa shape index (κ3) is 2.54. The molecule has 126 valence electrons. The Labute approximate surface area is 157 Å². The lowest BCUT2D eigenvalue weighted by Gasteiger charge is -2.17. The number of hydrogen-bond acceptors (Lipinski definition) is 2. The SMILES string of the molecule is Clc1ccc(C2=NNC(c3c4ccccc4cc4ccccc34)C2)cc1. The van der Waals surface area contributed by atoms with Gasteiger partial charge < -0.3 is 5.43 Å². The highest BCUT2D eigenvalue weighted by atomic mass is 35.5. The highest BCUT2D eigenvalue weighted by Gasteiger charge is 2.24. The minimum atomic E-state index is 0.164. The Morgan fingerprint density at radius 2 is 1.42 bits per heavy atom. The molecule has 0 fully saturated rings. The van der Waals surface area contributed by atoms with Crippen molar-refractivity contribution < 1.29 is 0 Å². The van der Waals surface area contributed by atoms with Gasteiger partial charge in [-0.1, -0.05) is 72.3 Å². The summed E-state index contributed by atoms with van der Waals surface area (Å²) >= 11 is 6.02. The average Bonchev–Trinajstić information content (AvgIpc) is 3.16. The zero-order valence-corrected chi connectivity index (χ0v) is 14.9. The third-order valence-electron chi connectivity index (χ3n) is 5.09. The van der Waals surface area contributed by atoms with Crippen LogP contribution in [0.15, 0.2) is 84.0 Å². The predicted octanol–water partition coefficient (Wildman–Crippen LogP) is 6.09. The Morgan fingerprint density at radius 1 is 0.808 bits per heavy atom. The number of rotatable bonds is 2. The highest BCUT2D eigenvalue weighted by Crippen LogP contribution is 2.36. The lowest BCUT2D eigenvalue weighted by atomic mass is 9.90. The molecule has 0 saturated heterocycles. The Bertz CT molecular complexity index is 1090. The Kier molecular flexibility index (Phi) is 3.65. The lowest BCUT2D eigenvalue weighted by molar-refractivity contribution is 0.628. The average molecular weight is 357 g/mol. The largest absolute Gasteiger partial charge is 0.302 e. The summed E-state index contributed by atoms with van der Waals surface area (Å²) < 4.78 is 0. The second-order valence-electron chi connectivity index (χ2n) is 6.68. The minimum Gasteiger partial charge on any atom is -0.302 e. The normalized spacial score (nSPS) is 16.7. The topological polar surface area (TPSA) is 24.4 Å². The monoisotopic (exact) mass is 356 g/mol. The van der Waals surface area contributed by atoms with Crippen molar-refractivity contribution in [3.63, 3.8) is 0 Å². The van der Waals surface area contributed by atoms with Gasteiger partial charge in [-0.05, 0) is 50.9 Å². The molecule has 1 N–H and O–H groups in total. The first kappa shape index (κ1) is 15.4. The summed E-state index contributed by atoms with van der Waals surface area (Å²) in [5.41, 5.74) is 6.89. The predicted molar refractivity (Wildman–Crippen MR) is 110 cm³/mol. The van der Waals surface area contributed by atoms with E-state index in [0.717, 1.165) is 22.7 Å². The van der Waals surface area contributed by atoms with Gasteiger partial charge in [0.1, 0.15) is 0 Å². The van der Waals surface area contributed by atoms with Crippen molar-refractivity contribution in [1.29, 1.82) is 0 Å². The standard InChI is InChI=1S/C23H17ClN2/c24-18-11-9-15(10-12-18)21-14-22(26-25-21)23-19-7-3-1-5-16(19)13-17-6-2-4-8-20(17)23/h1-13,22,26H,14H2. The summed E-state index contributed by atoms with van der Waals surface area (Å²) in [7, 11) is 0. The van der Waals surface area contributed by atoms with E-state index >= 15 is 0 Å². The van der Waals surface area contributed by atoms with Crippen LogP contribution in [-0.4, -0.2) is 5.71 Å². The number of halogens is 1. The molecule has 0 radical (unpaired) electrons. The van der Waals surface area contributed by atoms with Crippen molar-refractivity contribution in [3.05, 3.63) is 95.0 Å². The van der Waals surface area contributed by atoms with Gasteiger partial charge in [0, 0.05) is 11.4 Å². The van der Waals surface area contributed by atoms with Crippen LogP contribution in [0.2, 0.25) is 5.02 Å². The van der Waals surface area contributed by atoms with Gasteiger partial charge in [-0.3, -0.25) is 0 Å². The number of nitrogens with one attached hydrogen (secondary N) is 1. The van der Waals surface area contributed by atoms with E-state index in [1.165, 1.54) is 27.1 Å². The van der Waals surface area contributed by atoms with Gasteiger partial charge >= 0.3 is 0 Å². The van der Waals surface area contributed by atoms with Gasteiger partial charge in [0.25, 0.3) is 0 Å². The van der Waals surface area contributed by atoms with E-state index in [2.05, 4.69) is 65.1 Å². The lowest BCUT2D eigenvalue weighted by Crippen LogP contribution is -2.11. The molecule has 0 saturated carbocycles. The first-order valence-corrected chi connectivity index (χ1v) is 9.16. The van der Waals surface area contributed by atoms with Gasteiger partial charge in [0.15, 0.2) is 0 Å². The van der Waals surface area contributed by atoms with Crippen molar-refractivity contribution in [2.24, 2.45) is 5.10 Å². The molecular weight excluding hydrogens is 340 g/mol. The maximum Gasteiger partial charge on any atom is 0.0757 e. The summed E-state index contributed by atoms with van der Waals surface area (Å²) in [6, 6.07) is 27.5. The summed E-state index contributed by atoms with van der Waals surface area (Å²) in [5, 5.41) is 10.5. The summed E-state index contributed by atoms with van der Waals surface area (Å²) in [4.78, 5) is 0. The van der Waals surface area contributed by atoms with Crippen molar-refractivity contribution in [2.45, 2.75) is 12.5 Å². The molecule has 3 heteroatoms. The molecule has 26 heavy (non-hydrogen) atoms. The Morgan fingerprint density at radius 3 is 2.08 bits per heavy atom. The van der Waals surface area contributed by atoms with E-state index in [9.17, 15) is 0 Å². The van der Waals surface area contributed by atoms with E-state index in [-0.39, 0.29) is 6.04 Å². The van der Waals surface area contributed by atoms with Crippen LogP contribution in [0.4, 0.5) is 0 Å². The zero-order chi connectivity index (χ0) is 17.5. The van der Waals surface area contributed by atoms with Gasteiger partial charge in [-0.2, -0.15) is 5.10 Å². The summed E-state index contributed by atoms with van der Waals surface area (Å²) in [5.74, 6) is 0. The van der Waals surface area contributed by atoms with Crippen LogP contribution >= 0.6 is 11.6 Å². The fourth-order valence-electron chi connectivity index (χ4n) is 3.86. The molecule has 1 atom stereocenters. The molecule has 0 bridgehead atoms. The van der Waals surface area contributed by atoms with E-state index in [1.54, 1.807) is 0 Å². The van der Waals surface area contributed by atoms with Crippen LogP contribution in [0, 0.1) is 0 Å². The molecule has 0 spiro atoms. The number of hydrogen-bond donors (Lipinski definition) is 1. The van der Waals surface area contributed by atoms with Crippen LogP contribution in [0.5, 0.6) is 0 Å². The van der Waals surface area contributed by atoms with Crippen LogP contribution in [0.3, 0.4) is 0 Å².